The van der Waals surface area contributed by atoms with E-state index < -0.39 is 0 Å². The fourth-order valence-corrected chi connectivity index (χ4v) is 5.06. The van der Waals surface area contributed by atoms with E-state index in [-0.39, 0.29) is 11.8 Å². The standard InChI is InChI=1S/C28H34N2O2/c1-5-6-7-22-10-14-24(15-11-22)30-27(31)25(23-12-8-19(2)9-13-23)26(28(30)32)29-17-20(3)16-21(4)18-29/h8-15,20-21H,5-7,16-18H2,1-4H3. The normalized spacial score (nSPS) is 21.6. The molecule has 1 fully saturated rings. The monoisotopic (exact) mass is 430 g/mol. The molecular weight excluding hydrogens is 396 g/mol. The van der Waals surface area contributed by atoms with Gasteiger partial charge in [0.25, 0.3) is 11.8 Å². The molecule has 2 atom stereocenters. The van der Waals surface area contributed by atoms with E-state index in [0.717, 1.165) is 49.9 Å². The first kappa shape index (κ1) is 22.3. The molecule has 4 heteroatoms. The van der Waals surface area contributed by atoms with Gasteiger partial charge in [-0.1, -0.05) is 69.2 Å². The van der Waals surface area contributed by atoms with E-state index in [1.807, 2.05) is 55.5 Å². The summed E-state index contributed by atoms with van der Waals surface area (Å²) in [4.78, 5) is 31.0. The summed E-state index contributed by atoms with van der Waals surface area (Å²) in [6.45, 7) is 10.3. The van der Waals surface area contributed by atoms with Gasteiger partial charge < -0.3 is 4.90 Å². The van der Waals surface area contributed by atoms with Crippen LogP contribution in [0.5, 0.6) is 0 Å². The first-order valence-electron chi connectivity index (χ1n) is 11.9. The fraction of sp³-hybridized carbons (Fsp3) is 0.429. The van der Waals surface area contributed by atoms with E-state index in [0.29, 0.717) is 28.8 Å². The van der Waals surface area contributed by atoms with Crippen LogP contribution in [0.2, 0.25) is 0 Å². The topological polar surface area (TPSA) is 40.6 Å². The molecule has 4 rings (SSSR count). The highest BCUT2D eigenvalue weighted by Gasteiger charge is 2.43. The highest BCUT2D eigenvalue weighted by atomic mass is 16.2. The zero-order valence-corrected chi connectivity index (χ0v) is 19.7. The Balaban J connectivity index is 1.73. The number of hydrogen-bond donors (Lipinski definition) is 0. The fourth-order valence-electron chi connectivity index (χ4n) is 5.06. The Hall–Kier alpha value is -2.88. The van der Waals surface area contributed by atoms with Crippen molar-refractivity contribution in [1.29, 1.82) is 0 Å². The SMILES string of the molecule is CCCCc1ccc(N2C(=O)C(c3ccc(C)cc3)=C(N3CC(C)CC(C)C3)C2=O)cc1. The molecule has 2 aromatic carbocycles. The van der Waals surface area contributed by atoms with Crippen LogP contribution in [0, 0.1) is 18.8 Å². The average Bonchev–Trinajstić information content (AvgIpc) is 3.02. The van der Waals surface area contributed by atoms with Gasteiger partial charge in [0.1, 0.15) is 5.70 Å². The molecule has 0 N–H and O–H groups in total. The van der Waals surface area contributed by atoms with E-state index in [1.54, 1.807) is 0 Å². The van der Waals surface area contributed by atoms with Gasteiger partial charge in [0.15, 0.2) is 0 Å². The number of amides is 2. The van der Waals surface area contributed by atoms with E-state index in [4.69, 9.17) is 0 Å². The van der Waals surface area contributed by atoms with Gasteiger partial charge in [0.05, 0.1) is 11.3 Å². The zero-order valence-electron chi connectivity index (χ0n) is 19.7. The van der Waals surface area contributed by atoms with Crippen LogP contribution >= 0.6 is 0 Å². The molecule has 168 valence electrons. The molecule has 0 aliphatic carbocycles. The number of likely N-dealkylation sites (tertiary alicyclic amines) is 1. The minimum atomic E-state index is -0.221. The van der Waals surface area contributed by atoms with Crippen molar-refractivity contribution >= 4 is 23.1 Å². The predicted octanol–water partition coefficient (Wildman–Crippen LogP) is 5.60. The number of piperidine rings is 1. The molecular formula is C28H34N2O2. The molecule has 2 heterocycles. The Labute approximate surface area is 191 Å². The lowest BCUT2D eigenvalue weighted by molar-refractivity contribution is -0.120. The van der Waals surface area contributed by atoms with Crippen molar-refractivity contribution in [2.75, 3.05) is 18.0 Å². The number of rotatable bonds is 6. The summed E-state index contributed by atoms with van der Waals surface area (Å²) >= 11 is 0. The summed E-state index contributed by atoms with van der Waals surface area (Å²) in [6.07, 6.45) is 4.44. The van der Waals surface area contributed by atoms with Crippen molar-refractivity contribution < 1.29 is 9.59 Å². The number of hydrogen-bond acceptors (Lipinski definition) is 3. The number of imide groups is 1. The average molecular weight is 431 g/mol. The van der Waals surface area contributed by atoms with E-state index in [2.05, 4.69) is 25.7 Å². The van der Waals surface area contributed by atoms with Crippen LogP contribution in [0.4, 0.5) is 5.69 Å². The van der Waals surface area contributed by atoms with Crippen molar-refractivity contribution in [2.45, 2.75) is 53.4 Å². The number of unbranched alkanes of at least 4 members (excludes halogenated alkanes) is 1. The number of nitrogens with zero attached hydrogens (tertiary/aromatic N) is 2. The molecule has 2 aliphatic rings. The van der Waals surface area contributed by atoms with Crippen molar-refractivity contribution in [2.24, 2.45) is 11.8 Å². The lowest BCUT2D eigenvalue weighted by Gasteiger charge is -2.37. The van der Waals surface area contributed by atoms with Crippen molar-refractivity contribution in [3.63, 3.8) is 0 Å². The Kier molecular flexibility index (Phi) is 6.50. The van der Waals surface area contributed by atoms with Gasteiger partial charge in [-0.15, -0.1) is 0 Å². The number of carbonyl (C=O) groups excluding carboxylic acids is 2. The molecule has 2 amide bonds. The summed E-state index contributed by atoms with van der Waals surface area (Å²) in [5.41, 5.74) is 4.93. The number of aryl methyl sites for hydroxylation is 2. The zero-order chi connectivity index (χ0) is 22.8. The molecule has 32 heavy (non-hydrogen) atoms. The Bertz CT molecular complexity index is 1010. The third-order valence-electron chi connectivity index (χ3n) is 6.60. The molecule has 0 aromatic heterocycles. The van der Waals surface area contributed by atoms with Gasteiger partial charge in [-0.25, -0.2) is 4.90 Å². The second-order valence-corrected chi connectivity index (χ2v) is 9.66. The summed E-state index contributed by atoms with van der Waals surface area (Å²) in [6, 6.07) is 15.8. The van der Waals surface area contributed by atoms with Gasteiger partial charge in [-0.05, 0) is 61.3 Å². The minimum absolute atomic E-state index is 0.201. The molecule has 1 saturated heterocycles. The van der Waals surface area contributed by atoms with Gasteiger partial charge in [-0.2, -0.15) is 0 Å². The van der Waals surface area contributed by atoms with Crippen LogP contribution in [0.25, 0.3) is 5.57 Å². The first-order valence-corrected chi connectivity index (χ1v) is 11.9. The quantitative estimate of drug-likeness (QED) is 0.560. The lowest BCUT2D eigenvalue weighted by atomic mass is 9.91. The highest BCUT2D eigenvalue weighted by molar-refractivity contribution is 6.45. The third-order valence-corrected chi connectivity index (χ3v) is 6.60. The molecule has 2 aliphatic heterocycles. The lowest BCUT2D eigenvalue weighted by Crippen LogP contribution is -2.42. The molecule has 2 aromatic rings. The highest BCUT2D eigenvalue weighted by Crippen LogP contribution is 2.37. The second kappa shape index (κ2) is 9.32. The van der Waals surface area contributed by atoms with E-state index in [1.165, 1.54) is 10.5 Å². The van der Waals surface area contributed by atoms with Crippen molar-refractivity contribution in [1.82, 2.24) is 4.90 Å². The summed E-state index contributed by atoms with van der Waals surface area (Å²) in [5.74, 6) is 0.551. The number of anilines is 1. The maximum Gasteiger partial charge on any atom is 0.282 e. The number of benzene rings is 2. The summed E-state index contributed by atoms with van der Waals surface area (Å²) in [7, 11) is 0. The van der Waals surface area contributed by atoms with Crippen LogP contribution < -0.4 is 4.90 Å². The van der Waals surface area contributed by atoms with E-state index in [9.17, 15) is 9.59 Å². The van der Waals surface area contributed by atoms with Gasteiger partial charge in [-0.3, -0.25) is 9.59 Å². The molecule has 2 unspecified atom stereocenters. The predicted molar refractivity (Wildman–Crippen MR) is 130 cm³/mol. The van der Waals surface area contributed by atoms with Gasteiger partial charge >= 0.3 is 0 Å². The molecule has 0 saturated carbocycles. The largest absolute Gasteiger partial charge is 0.366 e. The smallest absolute Gasteiger partial charge is 0.282 e. The summed E-state index contributed by atoms with van der Waals surface area (Å²) in [5, 5.41) is 0. The molecule has 0 bridgehead atoms. The molecule has 0 radical (unpaired) electrons. The second-order valence-electron chi connectivity index (χ2n) is 9.66. The Morgan fingerprint density at radius 2 is 1.50 bits per heavy atom. The third kappa shape index (κ3) is 4.36. The first-order chi connectivity index (χ1) is 15.4. The molecule has 4 nitrogen and oxygen atoms in total. The van der Waals surface area contributed by atoms with Gasteiger partial charge in [0, 0.05) is 13.1 Å². The van der Waals surface area contributed by atoms with Gasteiger partial charge in [0.2, 0.25) is 0 Å². The Morgan fingerprint density at radius 3 is 2.09 bits per heavy atom. The van der Waals surface area contributed by atoms with Crippen molar-refractivity contribution in [3.05, 3.63) is 70.9 Å². The maximum atomic E-state index is 13.7. The molecule has 0 spiro atoms. The van der Waals surface area contributed by atoms with Crippen LogP contribution in [-0.4, -0.2) is 29.8 Å². The van der Waals surface area contributed by atoms with Crippen LogP contribution in [0.1, 0.15) is 56.7 Å². The number of carbonyl (C=O) groups is 2. The van der Waals surface area contributed by atoms with E-state index >= 15 is 0 Å². The van der Waals surface area contributed by atoms with Crippen LogP contribution in [0.3, 0.4) is 0 Å². The van der Waals surface area contributed by atoms with Crippen molar-refractivity contribution in [3.8, 4) is 0 Å². The minimum Gasteiger partial charge on any atom is -0.366 e. The van der Waals surface area contributed by atoms with Crippen LogP contribution in [0.15, 0.2) is 54.2 Å². The maximum absolute atomic E-state index is 13.7. The Morgan fingerprint density at radius 1 is 0.875 bits per heavy atom. The van der Waals surface area contributed by atoms with Crippen LogP contribution in [-0.2, 0) is 16.0 Å². The summed E-state index contributed by atoms with van der Waals surface area (Å²) < 4.78 is 0.